The molecule has 1 aliphatic heterocycles. The van der Waals surface area contributed by atoms with E-state index < -0.39 is 0 Å². The van der Waals surface area contributed by atoms with Gasteiger partial charge in [-0.2, -0.15) is 0 Å². The number of nitrogens with one attached hydrogen (secondary N) is 1. The molecular formula is C10H21N3O. The fourth-order valence-electron chi connectivity index (χ4n) is 2.12. The third-order valence-electron chi connectivity index (χ3n) is 3.09. The fourth-order valence-corrected chi connectivity index (χ4v) is 2.12. The lowest BCUT2D eigenvalue weighted by molar-refractivity contribution is 0.117. The van der Waals surface area contributed by atoms with Crippen molar-refractivity contribution in [1.29, 1.82) is 5.41 Å². The van der Waals surface area contributed by atoms with Crippen LogP contribution in [0.1, 0.15) is 26.2 Å². The predicted octanol–water partition coefficient (Wildman–Crippen LogP) is 0.405. The maximum atomic E-state index is 9.00. The molecule has 1 heterocycles. The fraction of sp³-hybridized carbons (Fsp3) is 0.900. The summed E-state index contributed by atoms with van der Waals surface area (Å²) >= 11 is 0. The van der Waals surface area contributed by atoms with Gasteiger partial charge >= 0.3 is 0 Å². The van der Waals surface area contributed by atoms with Crippen molar-refractivity contribution in [1.82, 2.24) is 4.90 Å². The van der Waals surface area contributed by atoms with Gasteiger partial charge in [0.2, 0.25) is 0 Å². The van der Waals surface area contributed by atoms with Gasteiger partial charge in [-0.15, -0.1) is 0 Å². The number of nitrogens with zero attached hydrogens (tertiary/aromatic N) is 1. The first-order valence-corrected chi connectivity index (χ1v) is 5.37. The zero-order valence-corrected chi connectivity index (χ0v) is 8.87. The summed E-state index contributed by atoms with van der Waals surface area (Å²) in [7, 11) is 0. The lowest BCUT2D eigenvalue weighted by Crippen LogP contribution is -2.48. The summed E-state index contributed by atoms with van der Waals surface area (Å²) < 4.78 is 0. The van der Waals surface area contributed by atoms with E-state index in [1.54, 1.807) is 0 Å². The molecule has 0 radical (unpaired) electrons. The molecule has 0 aromatic heterocycles. The molecule has 1 unspecified atom stereocenters. The molecule has 1 saturated heterocycles. The lowest BCUT2D eigenvalue weighted by Gasteiger charge is -2.36. The molecule has 0 spiro atoms. The van der Waals surface area contributed by atoms with Crippen LogP contribution in [0.4, 0.5) is 0 Å². The maximum absolute atomic E-state index is 9.00. The highest BCUT2D eigenvalue weighted by Crippen LogP contribution is 2.19. The van der Waals surface area contributed by atoms with Crippen LogP contribution >= 0.6 is 0 Å². The number of hydrogen-bond acceptors (Lipinski definition) is 3. The van der Waals surface area contributed by atoms with Crippen molar-refractivity contribution < 1.29 is 5.11 Å². The van der Waals surface area contributed by atoms with Crippen molar-refractivity contribution in [2.75, 3.05) is 19.7 Å². The minimum Gasteiger partial charge on any atom is -0.396 e. The second-order valence-electron chi connectivity index (χ2n) is 4.04. The Morgan fingerprint density at radius 2 is 2.14 bits per heavy atom. The summed E-state index contributed by atoms with van der Waals surface area (Å²) in [6.45, 7) is 4.28. The van der Waals surface area contributed by atoms with Crippen LogP contribution in [0.15, 0.2) is 0 Å². The molecule has 82 valence electrons. The molecule has 0 bridgehead atoms. The van der Waals surface area contributed by atoms with Crippen molar-refractivity contribution in [3.8, 4) is 0 Å². The zero-order chi connectivity index (χ0) is 10.6. The van der Waals surface area contributed by atoms with E-state index in [4.69, 9.17) is 16.2 Å². The molecule has 4 N–H and O–H groups in total. The van der Waals surface area contributed by atoms with Gasteiger partial charge in [-0.3, -0.25) is 10.3 Å². The summed E-state index contributed by atoms with van der Waals surface area (Å²) in [5, 5.41) is 16.5. The standard InChI is InChI=1S/C10H21N3O/c1-2-9(10(11)12)13-5-3-8(7-14)4-6-13/h8-9,14H,2-7H2,1H3,(H3,11,12). The van der Waals surface area contributed by atoms with Crippen LogP contribution in [0.25, 0.3) is 0 Å². The number of nitrogens with two attached hydrogens (primary N) is 1. The van der Waals surface area contributed by atoms with E-state index in [-0.39, 0.29) is 11.9 Å². The molecule has 1 atom stereocenters. The SMILES string of the molecule is CCC(C(=N)N)N1CCC(CO)CC1. The average Bonchev–Trinajstić information content (AvgIpc) is 2.19. The van der Waals surface area contributed by atoms with Crippen LogP contribution in [0, 0.1) is 11.3 Å². The maximum Gasteiger partial charge on any atom is 0.108 e. The minimum atomic E-state index is 0.106. The van der Waals surface area contributed by atoms with Gasteiger partial charge in [0, 0.05) is 6.61 Å². The van der Waals surface area contributed by atoms with Gasteiger partial charge in [-0.25, -0.2) is 0 Å². The number of amidine groups is 1. The van der Waals surface area contributed by atoms with E-state index >= 15 is 0 Å². The van der Waals surface area contributed by atoms with Gasteiger partial charge < -0.3 is 10.8 Å². The summed E-state index contributed by atoms with van der Waals surface area (Å²) in [5.41, 5.74) is 5.54. The number of piperidine rings is 1. The van der Waals surface area contributed by atoms with Gasteiger partial charge in [0.1, 0.15) is 5.84 Å². The second kappa shape index (κ2) is 5.32. The van der Waals surface area contributed by atoms with E-state index in [1.165, 1.54) is 0 Å². The van der Waals surface area contributed by atoms with Gasteiger partial charge in [-0.1, -0.05) is 6.92 Å². The van der Waals surface area contributed by atoms with Crippen molar-refractivity contribution in [3.63, 3.8) is 0 Å². The molecule has 14 heavy (non-hydrogen) atoms. The molecule has 0 aliphatic carbocycles. The predicted molar refractivity (Wildman–Crippen MR) is 57.4 cm³/mol. The van der Waals surface area contributed by atoms with Gasteiger partial charge in [0.15, 0.2) is 0 Å². The van der Waals surface area contributed by atoms with Gasteiger partial charge in [0.05, 0.1) is 6.04 Å². The molecule has 0 saturated carbocycles. The van der Waals surface area contributed by atoms with E-state index in [2.05, 4.69) is 11.8 Å². The number of hydrogen-bond donors (Lipinski definition) is 3. The molecule has 0 amide bonds. The molecule has 1 fully saturated rings. The average molecular weight is 199 g/mol. The highest BCUT2D eigenvalue weighted by atomic mass is 16.3. The second-order valence-corrected chi connectivity index (χ2v) is 4.04. The molecule has 1 aliphatic rings. The summed E-state index contributed by atoms with van der Waals surface area (Å²) in [6.07, 6.45) is 2.96. The first-order valence-electron chi connectivity index (χ1n) is 5.37. The molecule has 4 nitrogen and oxygen atoms in total. The Kier molecular flexibility index (Phi) is 4.35. The largest absolute Gasteiger partial charge is 0.396 e. The van der Waals surface area contributed by atoms with Crippen LogP contribution in [-0.4, -0.2) is 41.6 Å². The summed E-state index contributed by atoms with van der Waals surface area (Å²) in [6, 6.07) is 0.106. The molecular weight excluding hydrogens is 178 g/mol. The van der Waals surface area contributed by atoms with E-state index in [0.29, 0.717) is 12.5 Å². The summed E-state index contributed by atoms with van der Waals surface area (Å²) in [4.78, 5) is 2.26. The van der Waals surface area contributed by atoms with E-state index in [9.17, 15) is 0 Å². The van der Waals surface area contributed by atoms with Crippen molar-refractivity contribution in [2.24, 2.45) is 11.7 Å². The molecule has 1 rings (SSSR count). The topological polar surface area (TPSA) is 73.3 Å². The number of rotatable bonds is 4. The van der Waals surface area contributed by atoms with Crippen molar-refractivity contribution >= 4 is 5.84 Å². The highest BCUT2D eigenvalue weighted by molar-refractivity contribution is 5.82. The Hall–Kier alpha value is -0.610. The van der Waals surface area contributed by atoms with E-state index in [1.807, 2.05) is 0 Å². The number of likely N-dealkylation sites (tertiary alicyclic amines) is 1. The Labute approximate surface area is 85.6 Å². The zero-order valence-electron chi connectivity index (χ0n) is 8.87. The normalized spacial score (nSPS) is 22.1. The molecule has 0 aromatic carbocycles. The van der Waals surface area contributed by atoms with Crippen molar-refractivity contribution in [3.05, 3.63) is 0 Å². The van der Waals surface area contributed by atoms with Crippen LogP contribution in [0.3, 0.4) is 0 Å². The lowest BCUT2D eigenvalue weighted by atomic mass is 9.96. The molecule has 0 aromatic rings. The summed E-state index contributed by atoms with van der Waals surface area (Å²) in [5.74, 6) is 0.727. The Morgan fingerprint density at radius 1 is 1.57 bits per heavy atom. The van der Waals surface area contributed by atoms with Gasteiger partial charge in [-0.05, 0) is 38.3 Å². The quantitative estimate of drug-likeness (QED) is 0.453. The first kappa shape index (κ1) is 11.5. The van der Waals surface area contributed by atoms with Crippen LogP contribution in [-0.2, 0) is 0 Å². The Balaban J connectivity index is 2.43. The highest BCUT2D eigenvalue weighted by Gasteiger charge is 2.24. The third kappa shape index (κ3) is 2.69. The van der Waals surface area contributed by atoms with Crippen molar-refractivity contribution in [2.45, 2.75) is 32.2 Å². The van der Waals surface area contributed by atoms with E-state index in [0.717, 1.165) is 32.4 Å². The smallest absolute Gasteiger partial charge is 0.108 e. The minimum absolute atomic E-state index is 0.106. The first-order chi connectivity index (χ1) is 6.69. The molecule has 4 heteroatoms. The Bertz CT molecular complexity index is 188. The van der Waals surface area contributed by atoms with Crippen LogP contribution < -0.4 is 5.73 Å². The van der Waals surface area contributed by atoms with Crippen LogP contribution in [0.5, 0.6) is 0 Å². The number of aliphatic hydroxyl groups is 1. The monoisotopic (exact) mass is 199 g/mol. The number of aliphatic hydroxyl groups excluding tert-OH is 1. The van der Waals surface area contributed by atoms with Gasteiger partial charge in [0.25, 0.3) is 0 Å². The third-order valence-corrected chi connectivity index (χ3v) is 3.09. The van der Waals surface area contributed by atoms with Crippen LogP contribution in [0.2, 0.25) is 0 Å². The Morgan fingerprint density at radius 3 is 2.50 bits per heavy atom.